The van der Waals surface area contributed by atoms with E-state index in [0.29, 0.717) is 16.8 Å². The lowest BCUT2D eigenvalue weighted by molar-refractivity contribution is 0.594. The van der Waals surface area contributed by atoms with Crippen molar-refractivity contribution in [1.82, 2.24) is 0 Å². The highest BCUT2D eigenvalue weighted by Gasteiger charge is 2.17. The van der Waals surface area contributed by atoms with Crippen molar-refractivity contribution < 1.29 is 4.39 Å². The van der Waals surface area contributed by atoms with Crippen LogP contribution in [0.4, 0.5) is 15.8 Å². The number of hydrogen-bond donors (Lipinski definition) is 1. The third kappa shape index (κ3) is 2.49. The Bertz CT molecular complexity index is 659. The molecule has 4 heteroatoms. The van der Waals surface area contributed by atoms with Crippen LogP contribution in [0.5, 0.6) is 0 Å². The molecule has 0 aliphatic carbocycles. The molecule has 0 aliphatic rings. The van der Waals surface area contributed by atoms with E-state index >= 15 is 0 Å². The first-order valence-corrected chi connectivity index (χ1v) is 6.33. The van der Waals surface area contributed by atoms with Crippen molar-refractivity contribution in [3.63, 3.8) is 0 Å². The number of benzene rings is 2. The summed E-state index contributed by atoms with van der Waals surface area (Å²) in [6, 6.07) is 13.8. The molecule has 0 aliphatic heterocycles. The van der Waals surface area contributed by atoms with Crippen molar-refractivity contribution in [2.24, 2.45) is 5.73 Å². The summed E-state index contributed by atoms with van der Waals surface area (Å²) in [4.78, 5) is 1.79. The molecule has 0 saturated carbocycles. The monoisotopic (exact) mass is 269 g/mol. The Hall–Kier alpha value is -2.38. The first kappa shape index (κ1) is 14.0. The molecule has 2 rings (SSSR count). The summed E-state index contributed by atoms with van der Waals surface area (Å²) in [7, 11) is 1.80. The lowest BCUT2D eigenvalue weighted by Crippen LogP contribution is -2.17. The second kappa shape index (κ2) is 5.72. The second-order valence-corrected chi connectivity index (χ2v) is 4.65. The van der Waals surface area contributed by atoms with Crippen molar-refractivity contribution in [2.75, 3.05) is 11.9 Å². The highest BCUT2D eigenvalue weighted by Crippen LogP contribution is 2.33. The van der Waals surface area contributed by atoms with Gasteiger partial charge in [-0.2, -0.15) is 5.26 Å². The molecule has 2 aromatic rings. The van der Waals surface area contributed by atoms with Crippen LogP contribution < -0.4 is 10.6 Å². The van der Waals surface area contributed by atoms with Gasteiger partial charge in [-0.1, -0.05) is 18.2 Å². The quantitative estimate of drug-likeness (QED) is 0.928. The Balaban J connectivity index is 2.57. The fourth-order valence-corrected chi connectivity index (χ4v) is 2.26. The molecule has 0 heterocycles. The van der Waals surface area contributed by atoms with Gasteiger partial charge in [0.2, 0.25) is 0 Å². The lowest BCUT2D eigenvalue weighted by Gasteiger charge is -2.25. The summed E-state index contributed by atoms with van der Waals surface area (Å²) in [5, 5.41) is 9.17. The topological polar surface area (TPSA) is 53.0 Å². The van der Waals surface area contributed by atoms with Crippen LogP contribution in [-0.4, -0.2) is 7.05 Å². The number of para-hydroxylation sites is 1. The van der Waals surface area contributed by atoms with E-state index in [9.17, 15) is 9.65 Å². The van der Waals surface area contributed by atoms with Crippen molar-refractivity contribution in [3.8, 4) is 6.07 Å². The Morgan fingerprint density at radius 3 is 2.45 bits per heavy atom. The maximum Gasteiger partial charge on any atom is 0.130 e. The Morgan fingerprint density at radius 1 is 1.15 bits per heavy atom. The smallest absolute Gasteiger partial charge is 0.130 e. The zero-order valence-electron chi connectivity index (χ0n) is 11.5. The van der Waals surface area contributed by atoms with Crippen LogP contribution in [0.25, 0.3) is 0 Å². The molecule has 2 N–H and O–H groups in total. The molecule has 2 aromatic carbocycles. The SMILES string of the molecule is C[C@H](N)c1c(F)cccc1N(C)c1ccccc1C#N. The first-order chi connectivity index (χ1) is 9.56. The minimum Gasteiger partial charge on any atom is -0.343 e. The molecule has 3 nitrogen and oxygen atoms in total. The Kier molecular flexibility index (Phi) is 4.02. The molecule has 1 atom stereocenters. The molecular weight excluding hydrogens is 253 g/mol. The number of nitriles is 1. The molecule has 0 fully saturated rings. The van der Waals surface area contributed by atoms with Gasteiger partial charge < -0.3 is 10.6 Å². The standard InChI is InChI=1S/C16H16FN3/c1-11(19)16-13(17)7-5-9-15(16)20(2)14-8-4-3-6-12(14)10-18/h3-9,11H,19H2,1-2H3/t11-/m0/s1. The van der Waals surface area contributed by atoms with Crippen LogP contribution >= 0.6 is 0 Å². The van der Waals surface area contributed by atoms with Gasteiger partial charge in [-0.3, -0.25) is 0 Å². The van der Waals surface area contributed by atoms with Gasteiger partial charge in [0.15, 0.2) is 0 Å². The molecule has 20 heavy (non-hydrogen) atoms. The fraction of sp³-hybridized carbons (Fsp3) is 0.188. The van der Waals surface area contributed by atoms with Gasteiger partial charge in [0.25, 0.3) is 0 Å². The maximum absolute atomic E-state index is 14.0. The van der Waals surface area contributed by atoms with Gasteiger partial charge in [-0.05, 0) is 31.2 Å². The zero-order chi connectivity index (χ0) is 14.7. The molecule has 0 aromatic heterocycles. The minimum atomic E-state index is -0.428. The van der Waals surface area contributed by atoms with Gasteiger partial charge in [0.05, 0.1) is 11.3 Å². The van der Waals surface area contributed by atoms with Crippen molar-refractivity contribution in [1.29, 1.82) is 5.26 Å². The van der Waals surface area contributed by atoms with E-state index < -0.39 is 6.04 Å². The van der Waals surface area contributed by atoms with E-state index in [2.05, 4.69) is 6.07 Å². The first-order valence-electron chi connectivity index (χ1n) is 6.33. The van der Waals surface area contributed by atoms with Crippen LogP contribution in [-0.2, 0) is 0 Å². The predicted octanol–water partition coefficient (Wildman–Crippen LogP) is 3.48. The van der Waals surface area contributed by atoms with Gasteiger partial charge >= 0.3 is 0 Å². The van der Waals surface area contributed by atoms with Gasteiger partial charge in [0, 0.05) is 24.3 Å². The largest absolute Gasteiger partial charge is 0.343 e. The van der Waals surface area contributed by atoms with Crippen LogP contribution in [0.1, 0.15) is 24.1 Å². The van der Waals surface area contributed by atoms with Crippen LogP contribution in [0.3, 0.4) is 0 Å². The summed E-state index contributed by atoms with van der Waals surface area (Å²) in [5.41, 5.74) is 8.25. The van der Waals surface area contributed by atoms with E-state index in [1.807, 2.05) is 12.1 Å². The molecule has 0 unspecified atom stereocenters. The molecule has 0 bridgehead atoms. The molecule has 102 valence electrons. The average Bonchev–Trinajstić information content (AvgIpc) is 2.45. The number of hydrogen-bond acceptors (Lipinski definition) is 3. The minimum absolute atomic E-state index is 0.334. The lowest BCUT2D eigenvalue weighted by atomic mass is 10.0. The highest BCUT2D eigenvalue weighted by atomic mass is 19.1. The van der Waals surface area contributed by atoms with E-state index in [1.54, 1.807) is 43.1 Å². The van der Waals surface area contributed by atoms with Gasteiger partial charge in [-0.25, -0.2) is 4.39 Å². The summed E-state index contributed by atoms with van der Waals surface area (Å²) in [6.07, 6.45) is 0. The average molecular weight is 269 g/mol. The number of halogens is 1. The number of nitrogens with zero attached hydrogens (tertiary/aromatic N) is 2. The zero-order valence-corrected chi connectivity index (χ0v) is 11.5. The van der Waals surface area contributed by atoms with Gasteiger partial charge in [-0.15, -0.1) is 0 Å². The van der Waals surface area contributed by atoms with E-state index in [4.69, 9.17) is 5.73 Å². The third-order valence-corrected chi connectivity index (χ3v) is 3.23. The number of nitrogens with two attached hydrogens (primary N) is 1. The number of anilines is 2. The van der Waals surface area contributed by atoms with Crippen molar-refractivity contribution >= 4 is 11.4 Å². The maximum atomic E-state index is 14.0. The van der Waals surface area contributed by atoms with Crippen molar-refractivity contribution in [3.05, 3.63) is 59.4 Å². The highest BCUT2D eigenvalue weighted by molar-refractivity contribution is 5.71. The van der Waals surface area contributed by atoms with Crippen LogP contribution in [0.2, 0.25) is 0 Å². The summed E-state index contributed by atoms with van der Waals surface area (Å²) in [5.74, 6) is -0.334. The fourth-order valence-electron chi connectivity index (χ4n) is 2.26. The molecule has 0 saturated heterocycles. The summed E-state index contributed by atoms with van der Waals surface area (Å²) in [6.45, 7) is 1.74. The molecule has 0 amide bonds. The molecular formula is C16H16FN3. The van der Waals surface area contributed by atoms with Crippen LogP contribution in [0, 0.1) is 17.1 Å². The van der Waals surface area contributed by atoms with E-state index in [-0.39, 0.29) is 5.82 Å². The second-order valence-electron chi connectivity index (χ2n) is 4.65. The predicted molar refractivity (Wildman–Crippen MR) is 78.2 cm³/mol. The van der Waals surface area contributed by atoms with Crippen LogP contribution in [0.15, 0.2) is 42.5 Å². The molecule has 0 radical (unpaired) electrons. The van der Waals surface area contributed by atoms with E-state index in [0.717, 1.165) is 5.69 Å². The Labute approximate surface area is 118 Å². The normalized spacial score (nSPS) is 11.8. The Morgan fingerprint density at radius 2 is 1.80 bits per heavy atom. The van der Waals surface area contributed by atoms with E-state index in [1.165, 1.54) is 6.07 Å². The third-order valence-electron chi connectivity index (χ3n) is 3.23. The van der Waals surface area contributed by atoms with Crippen molar-refractivity contribution in [2.45, 2.75) is 13.0 Å². The molecule has 0 spiro atoms. The summed E-state index contributed by atoms with van der Waals surface area (Å²) < 4.78 is 14.0. The number of rotatable bonds is 3. The summed E-state index contributed by atoms with van der Waals surface area (Å²) >= 11 is 0. The van der Waals surface area contributed by atoms with Gasteiger partial charge in [0.1, 0.15) is 11.9 Å².